The molecule has 1 amide bonds. The Morgan fingerprint density at radius 1 is 1.30 bits per heavy atom. The van der Waals surface area contributed by atoms with Gasteiger partial charge in [0.25, 0.3) is 0 Å². The second-order valence-corrected chi connectivity index (χ2v) is 6.50. The van der Waals surface area contributed by atoms with Crippen LogP contribution in [0, 0.1) is 13.8 Å². The summed E-state index contributed by atoms with van der Waals surface area (Å²) in [6.07, 6.45) is 0. The number of carbonyl (C=O) groups excluding carboxylic acids is 1. The molecule has 0 aliphatic carbocycles. The summed E-state index contributed by atoms with van der Waals surface area (Å²) >= 11 is 0. The van der Waals surface area contributed by atoms with E-state index in [4.69, 9.17) is 4.74 Å². The van der Waals surface area contributed by atoms with Crippen LogP contribution >= 0.6 is 0 Å². The van der Waals surface area contributed by atoms with Crippen molar-refractivity contribution in [3.63, 3.8) is 0 Å². The van der Waals surface area contributed by atoms with Gasteiger partial charge in [-0.3, -0.25) is 9.69 Å². The van der Waals surface area contributed by atoms with Crippen LogP contribution in [0.5, 0.6) is 5.75 Å². The predicted molar refractivity (Wildman–Crippen MR) is 93.0 cm³/mol. The van der Waals surface area contributed by atoms with Gasteiger partial charge >= 0.3 is 0 Å². The molecule has 23 heavy (non-hydrogen) atoms. The first kappa shape index (κ1) is 17.8. The van der Waals surface area contributed by atoms with Crippen LogP contribution in [0.15, 0.2) is 18.2 Å². The van der Waals surface area contributed by atoms with Crippen LogP contribution in [0.3, 0.4) is 0 Å². The molecule has 2 rings (SSSR count). The molecule has 0 aromatic heterocycles. The quantitative estimate of drug-likeness (QED) is 0.806. The highest BCUT2D eigenvalue weighted by atomic mass is 16.5. The van der Waals surface area contributed by atoms with Gasteiger partial charge in [-0.2, -0.15) is 0 Å². The SMILES string of the molecule is Cc1cccc(C)c1OCCNC(=O)CN1CCN(C)C[C@H]1C. The van der Waals surface area contributed by atoms with Gasteiger partial charge in [-0.1, -0.05) is 18.2 Å². The Bertz CT molecular complexity index is 513. The molecule has 1 aliphatic rings. The molecule has 0 unspecified atom stereocenters. The van der Waals surface area contributed by atoms with Crippen molar-refractivity contribution in [3.8, 4) is 5.75 Å². The lowest BCUT2D eigenvalue weighted by molar-refractivity contribution is -0.123. The molecule has 1 N–H and O–H groups in total. The summed E-state index contributed by atoms with van der Waals surface area (Å²) in [7, 11) is 2.12. The monoisotopic (exact) mass is 319 g/mol. The van der Waals surface area contributed by atoms with Gasteiger partial charge in [-0.05, 0) is 38.9 Å². The maximum atomic E-state index is 12.1. The lowest BCUT2D eigenvalue weighted by atomic mass is 10.1. The van der Waals surface area contributed by atoms with Gasteiger partial charge in [0.1, 0.15) is 12.4 Å². The van der Waals surface area contributed by atoms with E-state index in [2.05, 4.69) is 29.1 Å². The fourth-order valence-electron chi connectivity index (χ4n) is 3.02. The summed E-state index contributed by atoms with van der Waals surface area (Å²) in [5, 5.41) is 2.95. The molecule has 0 spiro atoms. The zero-order chi connectivity index (χ0) is 16.8. The number of hydrogen-bond acceptors (Lipinski definition) is 4. The number of nitrogens with zero attached hydrogens (tertiary/aromatic N) is 2. The Labute approximate surface area is 139 Å². The maximum Gasteiger partial charge on any atom is 0.234 e. The average molecular weight is 319 g/mol. The van der Waals surface area contributed by atoms with E-state index in [9.17, 15) is 4.79 Å². The molecule has 1 atom stereocenters. The van der Waals surface area contributed by atoms with Crippen molar-refractivity contribution >= 4 is 5.91 Å². The number of aryl methyl sites for hydroxylation is 2. The predicted octanol–water partition coefficient (Wildman–Crippen LogP) is 1.43. The molecule has 1 saturated heterocycles. The molecule has 5 heteroatoms. The highest BCUT2D eigenvalue weighted by Gasteiger charge is 2.22. The minimum Gasteiger partial charge on any atom is -0.491 e. The molecule has 1 heterocycles. The number of nitrogens with one attached hydrogen (secondary N) is 1. The van der Waals surface area contributed by atoms with E-state index in [1.807, 2.05) is 32.0 Å². The standard InChI is InChI=1S/C18H29N3O2/c1-14-6-5-7-15(2)18(14)23-11-8-19-17(22)13-21-10-9-20(4)12-16(21)3/h5-7,16H,8-13H2,1-4H3,(H,19,22)/t16-/m1/s1. The lowest BCUT2D eigenvalue weighted by Crippen LogP contribution is -2.53. The first-order valence-corrected chi connectivity index (χ1v) is 8.35. The van der Waals surface area contributed by atoms with Crippen LogP contribution in [-0.4, -0.2) is 68.1 Å². The van der Waals surface area contributed by atoms with E-state index in [1.54, 1.807) is 0 Å². The minimum atomic E-state index is 0.0755. The fourth-order valence-corrected chi connectivity index (χ4v) is 3.02. The third-order valence-corrected chi connectivity index (χ3v) is 4.39. The number of hydrogen-bond donors (Lipinski definition) is 1. The van der Waals surface area contributed by atoms with Gasteiger partial charge in [0.15, 0.2) is 0 Å². The Morgan fingerprint density at radius 2 is 2.00 bits per heavy atom. The van der Waals surface area contributed by atoms with Crippen LogP contribution < -0.4 is 10.1 Å². The summed E-state index contributed by atoms with van der Waals surface area (Å²) in [6, 6.07) is 6.52. The summed E-state index contributed by atoms with van der Waals surface area (Å²) in [5.41, 5.74) is 2.25. The third kappa shape index (κ3) is 5.22. The Morgan fingerprint density at radius 3 is 2.65 bits per heavy atom. The Balaban J connectivity index is 1.69. The van der Waals surface area contributed by atoms with Gasteiger partial charge in [-0.15, -0.1) is 0 Å². The van der Waals surface area contributed by atoms with Gasteiger partial charge in [0.2, 0.25) is 5.91 Å². The first-order chi connectivity index (χ1) is 11.0. The molecule has 1 fully saturated rings. The molecular weight excluding hydrogens is 290 g/mol. The second-order valence-electron chi connectivity index (χ2n) is 6.50. The number of para-hydroxylation sites is 1. The van der Waals surface area contributed by atoms with Crippen molar-refractivity contribution < 1.29 is 9.53 Å². The number of likely N-dealkylation sites (N-methyl/N-ethyl adjacent to an activating group) is 1. The van der Waals surface area contributed by atoms with E-state index in [0.717, 1.165) is 36.5 Å². The van der Waals surface area contributed by atoms with Crippen LogP contribution in [-0.2, 0) is 4.79 Å². The second kappa shape index (κ2) is 8.31. The maximum absolute atomic E-state index is 12.1. The smallest absolute Gasteiger partial charge is 0.234 e. The Hall–Kier alpha value is -1.59. The molecule has 1 aromatic carbocycles. The van der Waals surface area contributed by atoms with Crippen LogP contribution in [0.4, 0.5) is 0 Å². The lowest BCUT2D eigenvalue weighted by Gasteiger charge is -2.37. The number of rotatable bonds is 6. The number of carbonyl (C=O) groups is 1. The summed E-state index contributed by atoms with van der Waals surface area (Å²) in [5.74, 6) is 1.00. The molecule has 1 aliphatic heterocycles. The van der Waals surface area contributed by atoms with Crippen LogP contribution in [0.25, 0.3) is 0 Å². The highest BCUT2D eigenvalue weighted by Crippen LogP contribution is 2.21. The van der Waals surface area contributed by atoms with Crippen LogP contribution in [0.1, 0.15) is 18.1 Å². The number of benzene rings is 1. The van der Waals surface area contributed by atoms with Crippen molar-refractivity contribution in [1.29, 1.82) is 0 Å². The van der Waals surface area contributed by atoms with Gasteiger partial charge in [0, 0.05) is 25.7 Å². The van der Waals surface area contributed by atoms with E-state index < -0.39 is 0 Å². The molecule has 1 aromatic rings. The summed E-state index contributed by atoms with van der Waals surface area (Å²) < 4.78 is 5.81. The van der Waals surface area contributed by atoms with Gasteiger partial charge in [0.05, 0.1) is 13.1 Å². The van der Waals surface area contributed by atoms with Crippen LogP contribution in [0.2, 0.25) is 0 Å². The molecule has 0 saturated carbocycles. The average Bonchev–Trinajstić information content (AvgIpc) is 2.49. The molecule has 5 nitrogen and oxygen atoms in total. The summed E-state index contributed by atoms with van der Waals surface area (Å²) in [4.78, 5) is 16.6. The fraction of sp³-hybridized carbons (Fsp3) is 0.611. The van der Waals surface area contributed by atoms with Gasteiger partial charge < -0.3 is 15.0 Å². The Kier molecular flexibility index (Phi) is 6.42. The van der Waals surface area contributed by atoms with E-state index in [-0.39, 0.29) is 5.91 Å². The van der Waals surface area contributed by atoms with Gasteiger partial charge in [-0.25, -0.2) is 0 Å². The highest BCUT2D eigenvalue weighted by molar-refractivity contribution is 5.78. The van der Waals surface area contributed by atoms with Crippen molar-refractivity contribution in [2.75, 3.05) is 46.4 Å². The number of ether oxygens (including phenoxy) is 1. The molecular formula is C18H29N3O2. The van der Waals surface area contributed by atoms with Crippen molar-refractivity contribution in [2.24, 2.45) is 0 Å². The normalized spacial score (nSPS) is 19.6. The van der Waals surface area contributed by atoms with E-state index in [1.165, 1.54) is 0 Å². The van der Waals surface area contributed by atoms with E-state index >= 15 is 0 Å². The minimum absolute atomic E-state index is 0.0755. The number of amides is 1. The largest absolute Gasteiger partial charge is 0.491 e. The summed E-state index contributed by atoms with van der Waals surface area (Å²) in [6.45, 7) is 10.7. The molecule has 0 bridgehead atoms. The zero-order valence-electron chi connectivity index (χ0n) is 14.8. The van der Waals surface area contributed by atoms with Crippen molar-refractivity contribution in [2.45, 2.75) is 26.8 Å². The topological polar surface area (TPSA) is 44.8 Å². The van der Waals surface area contributed by atoms with E-state index in [0.29, 0.717) is 25.7 Å². The zero-order valence-corrected chi connectivity index (χ0v) is 14.8. The third-order valence-electron chi connectivity index (χ3n) is 4.39. The molecule has 128 valence electrons. The van der Waals surface area contributed by atoms with Crippen molar-refractivity contribution in [1.82, 2.24) is 15.1 Å². The first-order valence-electron chi connectivity index (χ1n) is 8.35. The van der Waals surface area contributed by atoms with Crippen molar-refractivity contribution in [3.05, 3.63) is 29.3 Å². The number of piperazine rings is 1. The molecule has 0 radical (unpaired) electrons.